The Labute approximate surface area is 183 Å². The summed E-state index contributed by atoms with van der Waals surface area (Å²) < 4.78 is 10.4. The molecule has 0 aromatic heterocycles. The second kappa shape index (κ2) is 10.6. The van der Waals surface area contributed by atoms with Gasteiger partial charge in [-0.1, -0.05) is 6.07 Å². The molecule has 3 amide bonds. The number of nitrogens with zero attached hydrogens (tertiary/aromatic N) is 2. The number of hydrogen-bond donors (Lipinski definition) is 1. The molecule has 1 N–H and O–H groups in total. The van der Waals surface area contributed by atoms with Crippen LogP contribution in [0.3, 0.4) is 0 Å². The summed E-state index contributed by atoms with van der Waals surface area (Å²) >= 11 is 0. The van der Waals surface area contributed by atoms with E-state index >= 15 is 0 Å². The van der Waals surface area contributed by atoms with Crippen molar-refractivity contribution in [3.63, 3.8) is 0 Å². The Kier molecular flexibility index (Phi) is 7.90. The molecule has 0 radical (unpaired) electrons. The summed E-state index contributed by atoms with van der Waals surface area (Å²) in [6, 6.07) is 5.70. The fourth-order valence-corrected chi connectivity index (χ4v) is 4.31. The van der Waals surface area contributed by atoms with Gasteiger partial charge >= 0.3 is 0 Å². The van der Waals surface area contributed by atoms with E-state index in [1.807, 2.05) is 30.0 Å². The Morgan fingerprint density at radius 3 is 2.58 bits per heavy atom. The highest BCUT2D eigenvalue weighted by Gasteiger charge is 2.39. The zero-order chi connectivity index (χ0) is 22.4. The molecule has 2 heterocycles. The number of nitrogens with one attached hydrogen (secondary N) is 1. The normalized spacial score (nSPS) is 19.6. The van der Waals surface area contributed by atoms with Crippen molar-refractivity contribution in [1.29, 1.82) is 0 Å². The molecular weight excluding hydrogens is 398 g/mol. The second-order valence-corrected chi connectivity index (χ2v) is 8.32. The number of aryl methyl sites for hydroxylation is 1. The van der Waals surface area contributed by atoms with Crippen molar-refractivity contribution < 1.29 is 23.9 Å². The molecule has 31 heavy (non-hydrogen) atoms. The number of rotatable bonds is 8. The average molecular weight is 432 g/mol. The Bertz CT molecular complexity index is 804. The summed E-state index contributed by atoms with van der Waals surface area (Å²) in [6.07, 6.45) is 2.29. The van der Waals surface area contributed by atoms with E-state index in [1.54, 1.807) is 19.1 Å². The van der Waals surface area contributed by atoms with Crippen molar-refractivity contribution in [1.82, 2.24) is 10.2 Å². The molecule has 0 bridgehead atoms. The van der Waals surface area contributed by atoms with E-state index < -0.39 is 0 Å². The van der Waals surface area contributed by atoms with Crippen LogP contribution >= 0.6 is 0 Å². The van der Waals surface area contributed by atoms with Crippen LogP contribution in [0.25, 0.3) is 0 Å². The number of benzene rings is 1. The summed E-state index contributed by atoms with van der Waals surface area (Å²) in [5.41, 5.74) is 1.74. The summed E-state index contributed by atoms with van der Waals surface area (Å²) in [7, 11) is 3.22. The second-order valence-electron chi connectivity index (χ2n) is 8.32. The summed E-state index contributed by atoms with van der Waals surface area (Å²) in [6.45, 7) is 4.65. The Morgan fingerprint density at radius 2 is 1.90 bits per heavy atom. The smallest absolute Gasteiger partial charge is 0.228 e. The molecule has 1 unspecified atom stereocenters. The van der Waals surface area contributed by atoms with Crippen molar-refractivity contribution in [3.8, 4) is 5.75 Å². The lowest BCUT2D eigenvalue weighted by Crippen LogP contribution is -2.45. The Balaban J connectivity index is 1.53. The molecule has 1 aromatic rings. The Morgan fingerprint density at radius 1 is 1.16 bits per heavy atom. The molecule has 2 fully saturated rings. The molecule has 2 saturated heterocycles. The van der Waals surface area contributed by atoms with Crippen LogP contribution in [0, 0.1) is 18.8 Å². The first kappa shape index (κ1) is 23.1. The zero-order valence-corrected chi connectivity index (χ0v) is 18.7. The molecule has 0 spiro atoms. The SMILES string of the molecule is COCCCNC(=O)C1CCN(C(=O)C2CC(=O)N(c3cc(C)ccc3OC)C2)CC1. The average Bonchev–Trinajstić information content (AvgIpc) is 3.17. The van der Waals surface area contributed by atoms with Crippen LogP contribution in [0.2, 0.25) is 0 Å². The van der Waals surface area contributed by atoms with E-state index in [2.05, 4.69) is 5.32 Å². The van der Waals surface area contributed by atoms with Gasteiger partial charge in [-0.05, 0) is 43.9 Å². The van der Waals surface area contributed by atoms with Crippen molar-refractivity contribution in [2.24, 2.45) is 11.8 Å². The van der Waals surface area contributed by atoms with E-state index in [9.17, 15) is 14.4 Å². The van der Waals surface area contributed by atoms with Crippen molar-refractivity contribution >= 4 is 23.4 Å². The first-order chi connectivity index (χ1) is 14.9. The predicted octanol–water partition coefficient (Wildman–Crippen LogP) is 1.75. The number of anilines is 1. The fraction of sp³-hybridized carbons (Fsp3) is 0.609. The molecule has 2 aliphatic heterocycles. The zero-order valence-electron chi connectivity index (χ0n) is 18.7. The highest BCUT2D eigenvalue weighted by molar-refractivity contribution is 6.01. The minimum absolute atomic E-state index is 0.00132. The molecule has 8 nitrogen and oxygen atoms in total. The van der Waals surface area contributed by atoms with E-state index in [-0.39, 0.29) is 36.0 Å². The summed E-state index contributed by atoms with van der Waals surface area (Å²) in [4.78, 5) is 41.5. The standard InChI is InChI=1S/C23H33N3O5/c1-16-5-6-20(31-3)19(13-16)26-15-18(14-21(26)27)23(29)25-10-7-17(8-11-25)22(28)24-9-4-12-30-2/h5-6,13,17-18H,4,7-12,14-15H2,1-3H3,(H,24,28). The molecule has 3 rings (SSSR count). The van der Waals surface area contributed by atoms with Crippen molar-refractivity contribution in [3.05, 3.63) is 23.8 Å². The number of carbonyl (C=O) groups excluding carboxylic acids is 3. The molecular formula is C23H33N3O5. The number of methoxy groups -OCH3 is 2. The van der Waals surface area contributed by atoms with Crippen LogP contribution in [-0.4, -0.2) is 69.6 Å². The van der Waals surface area contributed by atoms with Crippen LogP contribution in [0.1, 0.15) is 31.2 Å². The fourth-order valence-electron chi connectivity index (χ4n) is 4.31. The number of piperidine rings is 1. The molecule has 0 aliphatic carbocycles. The molecule has 0 saturated carbocycles. The Hall–Kier alpha value is -2.61. The summed E-state index contributed by atoms with van der Waals surface area (Å²) in [5.74, 6) is 0.192. The third-order valence-electron chi connectivity index (χ3n) is 6.10. The van der Waals surface area contributed by atoms with Gasteiger partial charge in [-0.15, -0.1) is 0 Å². The minimum atomic E-state index is -0.364. The highest BCUT2D eigenvalue weighted by Crippen LogP contribution is 2.34. The maximum atomic E-state index is 13.1. The van der Waals surface area contributed by atoms with Gasteiger partial charge in [-0.2, -0.15) is 0 Å². The van der Waals surface area contributed by atoms with Crippen LogP contribution in [0.4, 0.5) is 5.69 Å². The maximum absolute atomic E-state index is 13.1. The van der Waals surface area contributed by atoms with E-state index in [1.165, 1.54) is 0 Å². The van der Waals surface area contributed by atoms with E-state index in [0.717, 1.165) is 12.0 Å². The van der Waals surface area contributed by atoms with Gasteiger partial charge in [0.15, 0.2) is 0 Å². The van der Waals surface area contributed by atoms with Gasteiger partial charge < -0.3 is 24.6 Å². The third kappa shape index (κ3) is 5.55. The van der Waals surface area contributed by atoms with Gasteiger partial charge in [0.1, 0.15) is 5.75 Å². The molecule has 1 atom stereocenters. The number of amides is 3. The monoisotopic (exact) mass is 431 g/mol. The van der Waals surface area contributed by atoms with Gasteiger partial charge in [-0.3, -0.25) is 14.4 Å². The van der Waals surface area contributed by atoms with E-state index in [0.29, 0.717) is 57.1 Å². The molecule has 8 heteroatoms. The van der Waals surface area contributed by atoms with Gasteiger partial charge in [0.25, 0.3) is 0 Å². The van der Waals surface area contributed by atoms with Crippen LogP contribution < -0.4 is 15.0 Å². The van der Waals surface area contributed by atoms with Gasteiger partial charge in [0.05, 0.1) is 18.7 Å². The molecule has 170 valence electrons. The topological polar surface area (TPSA) is 88.2 Å². The highest BCUT2D eigenvalue weighted by atomic mass is 16.5. The van der Waals surface area contributed by atoms with Crippen LogP contribution in [0.5, 0.6) is 5.75 Å². The van der Waals surface area contributed by atoms with Gasteiger partial charge in [-0.25, -0.2) is 0 Å². The third-order valence-corrected chi connectivity index (χ3v) is 6.10. The van der Waals surface area contributed by atoms with Crippen LogP contribution in [-0.2, 0) is 19.1 Å². The van der Waals surface area contributed by atoms with Crippen molar-refractivity contribution in [2.75, 3.05) is 51.9 Å². The summed E-state index contributed by atoms with van der Waals surface area (Å²) in [5, 5.41) is 2.95. The lowest BCUT2D eigenvalue weighted by Gasteiger charge is -2.33. The minimum Gasteiger partial charge on any atom is -0.495 e. The number of ether oxygens (including phenoxy) is 2. The molecule has 1 aromatic carbocycles. The van der Waals surface area contributed by atoms with Crippen molar-refractivity contribution in [2.45, 2.75) is 32.6 Å². The number of carbonyl (C=O) groups is 3. The number of likely N-dealkylation sites (tertiary alicyclic amines) is 1. The lowest BCUT2D eigenvalue weighted by molar-refractivity contribution is -0.139. The maximum Gasteiger partial charge on any atom is 0.228 e. The lowest BCUT2D eigenvalue weighted by atomic mass is 9.94. The molecule has 2 aliphatic rings. The predicted molar refractivity (Wildman–Crippen MR) is 117 cm³/mol. The first-order valence-electron chi connectivity index (χ1n) is 10.9. The number of hydrogen-bond acceptors (Lipinski definition) is 5. The largest absolute Gasteiger partial charge is 0.495 e. The van der Waals surface area contributed by atoms with E-state index in [4.69, 9.17) is 9.47 Å². The van der Waals surface area contributed by atoms with Crippen LogP contribution in [0.15, 0.2) is 18.2 Å². The first-order valence-corrected chi connectivity index (χ1v) is 10.9. The van der Waals surface area contributed by atoms with Gasteiger partial charge in [0, 0.05) is 52.2 Å². The quantitative estimate of drug-likeness (QED) is 0.634. The van der Waals surface area contributed by atoms with Gasteiger partial charge in [0.2, 0.25) is 17.7 Å².